The van der Waals surface area contributed by atoms with Crippen LogP contribution < -0.4 is 5.48 Å². The van der Waals surface area contributed by atoms with Crippen LogP contribution in [0.1, 0.15) is 136 Å². The van der Waals surface area contributed by atoms with Crippen molar-refractivity contribution in [3.05, 3.63) is 41.5 Å². The summed E-state index contributed by atoms with van der Waals surface area (Å²) >= 11 is 0. The maximum Gasteiger partial charge on any atom is 0.338 e. The summed E-state index contributed by atoms with van der Waals surface area (Å²) in [6.45, 7) is 19.6. The van der Waals surface area contributed by atoms with E-state index in [4.69, 9.17) is 4.74 Å². The topological polar surface area (TPSA) is 58.6 Å². The maximum absolute atomic E-state index is 12.7. The zero-order valence-corrected chi connectivity index (χ0v) is 27.7. The first-order chi connectivity index (χ1) is 19.6. The number of nitrogens with one attached hydrogen (secondary N) is 1. The molecule has 0 saturated heterocycles. The monoisotopic (exact) mass is 575 g/mol. The van der Waals surface area contributed by atoms with Crippen molar-refractivity contribution < 1.29 is 14.7 Å². The van der Waals surface area contributed by atoms with Gasteiger partial charge < -0.3 is 9.94 Å². The number of hydroxylamine groups is 1. The van der Waals surface area contributed by atoms with Gasteiger partial charge in [-0.25, -0.2) is 10.3 Å². The summed E-state index contributed by atoms with van der Waals surface area (Å²) < 4.78 is 5.61. The van der Waals surface area contributed by atoms with Crippen molar-refractivity contribution in [2.75, 3.05) is 6.54 Å². The summed E-state index contributed by atoms with van der Waals surface area (Å²) in [5, 5.41) is 9.78. The molecule has 4 fully saturated rings. The molecule has 4 saturated carbocycles. The molecule has 1 aromatic rings. The summed E-state index contributed by atoms with van der Waals surface area (Å²) in [6.07, 6.45) is 15.6. The molecule has 4 nitrogen and oxygen atoms in total. The lowest BCUT2D eigenvalue weighted by molar-refractivity contribution is -0.223. The number of rotatable bonds is 4. The number of hydrogen-bond acceptors (Lipinski definition) is 4. The highest BCUT2D eigenvalue weighted by atomic mass is 16.6. The molecule has 2 N–H and O–H groups in total. The second-order valence-electron chi connectivity index (χ2n) is 17.5. The zero-order chi connectivity index (χ0) is 30.3. The number of fused-ring (bicyclic) bond motifs is 7. The maximum atomic E-state index is 12.7. The van der Waals surface area contributed by atoms with Crippen molar-refractivity contribution in [1.82, 2.24) is 5.48 Å². The third-order valence-corrected chi connectivity index (χ3v) is 14.4. The highest BCUT2D eigenvalue weighted by molar-refractivity contribution is 5.90. The molecule has 1 aromatic carbocycles. The van der Waals surface area contributed by atoms with E-state index in [1.165, 1.54) is 68.9 Å². The molecule has 5 aliphatic carbocycles. The number of allylic oxidation sites excluding steroid dienone is 2. The van der Waals surface area contributed by atoms with Gasteiger partial charge in [0.15, 0.2) is 0 Å². The Labute approximate surface area is 255 Å². The summed E-state index contributed by atoms with van der Waals surface area (Å²) in [7, 11) is 0. The minimum Gasteiger partial charge on any atom is -0.456 e. The number of ether oxygens (including phenoxy) is 1. The van der Waals surface area contributed by atoms with Gasteiger partial charge in [-0.3, -0.25) is 0 Å². The van der Waals surface area contributed by atoms with Gasteiger partial charge in [0.05, 0.1) is 5.56 Å². The number of hydrogen-bond donors (Lipinski definition) is 2. The minimum atomic E-state index is -0.492. The molecule has 7 unspecified atom stereocenters. The molecule has 0 heterocycles. The molecule has 4 heteroatoms. The average Bonchev–Trinajstić information content (AvgIpc) is 3.32. The SMILES string of the molecule is CC(C)(C)OC(=O)c1ccc(C2=CCC3(C)C(CCC4(C)C3CCC3C5CCCC5(CNO)CC[C@]34C)C2(C)C)cc1. The first-order valence-corrected chi connectivity index (χ1v) is 17.0. The van der Waals surface area contributed by atoms with E-state index in [1.807, 2.05) is 32.9 Å². The van der Waals surface area contributed by atoms with Crippen LogP contribution in [0.4, 0.5) is 0 Å². The number of carbonyl (C=O) groups is 1. The van der Waals surface area contributed by atoms with E-state index in [2.05, 4.69) is 58.3 Å². The summed E-state index contributed by atoms with van der Waals surface area (Å²) in [5.41, 5.74) is 6.88. The van der Waals surface area contributed by atoms with Gasteiger partial charge >= 0.3 is 5.97 Å². The van der Waals surface area contributed by atoms with Crippen LogP contribution in [-0.2, 0) is 4.74 Å². The Balaban J connectivity index is 1.29. The molecule has 42 heavy (non-hydrogen) atoms. The standard InChI is InChI=1S/C38H57NO3/c1-33(2,3)42-32(40)26-13-11-25(12-14-26)27-17-20-35(6)30(34(27,4)5)18-21-37(8)31(35)16-15-28-29-10-9-19-38(29,24-39-41)23-22-36(28,37)7/h11-14,17,28-31,39,41H,9-10,15-16,18-24H2,1-8H3/t28?,29?,30?,31?,35?,36-,37?,38?/m1/s1. The van der Waals surface area contributed by atoms with Crippen molar-refractivity contribution in [2.45, 2.75) is 125 Å². The highest BCUT2D eigenvalue weighted by Crippen LogP contribution is 2.77. The van der Waals surface area contributed by atoms with Crippen LogP contribution in [0, 0.1) is 50.7 Å². The number of benzene rings is 1. The van der Waals surface area contributed by atoms with Crippen LogP contribution in [0.3, 0.4) is 0 Å². The lowest BCUT2D eigenvalue weighted by atomic mass is 9.32. The van der Waals surface area contributed by atoms with Crippen molar-refractivity contribution in [2.24, 2.45) is 50.7 Å². The van der Waals surface area contributed by atoms with Gasteiger partial charge in [-0.15, -0.1) is 0 Å². The van der Waals surface area contributed by atoms with Gasteiger partial charge in [-0.1, -0.05) is 59.2 Å². The quantitative estimate of drug-likeness (QED) is 0.277. The first kappa shape index (κ1) is 30.4. The van der Waals surface area contributed by atoms with Crippen LogP contribution >= 0.6 is 0 Å². The van der Waals surface area contributed by atoms with Crippen LogP contribution in [0.5, 0.6) is 0 Å². The fraction of sp³-hybridized carbons (Fsp3) is 0.763. The fourth-order valence-electron chi connectivity index (χ4n) is 12.4. The molecule has 0 bridgehead atoms. The van der Waals surface area contributed by atoms with Crippen LogP contribution in [0.25, 0.3) is 5.57 Å². The Morgan fingerprint density at radius 3 is 2.26 bits per heavy atom. The molecule has 0 radical (unpaired) electrons. The summed E-state index contributed by atoms with van der Waals surface area (Å²) in [5.74, 6) is 2.68. The number of esters is 1. The Bertz CT molecular complexity index is 1240. The molecule has 0 spiro atoms. The Morgan fingerprint density at radius 2 is 1.60 bits per heavy atom. The Morgan fingerprint density at radius 1 is 0.881 bits per heavy atom. The summed E-state index contributed by atoms with van der Waals surface area (Å²) in [6, 6.07) is 8.19. The third-order valence-electron chi connectivity index (χ3n) is 14.4. The molecule has 0 aromatic heterocycles. The largest absolute Gasteiger partial charge is 0.456 e. The van der Waals surface area contributed by atoms with E-state index in [0.717, 1.165) is 30.7 Å². The Hall–Kier alpha value is -1.65. The van der Waals surface area contributed by atoms with Crippen LogP contribution in [-0.4, -0.2) is 23.3 Å². The van der Waals surface area contributed by atoms with E-state index < -0.39 is 5.60 Å². The predicted molar refractivity (Wildman–Crippen MR) is 170 cm³/mol. The second kappa shape index (κ2) is 9.93. The van der Waals surface area contributed by atoms with E-state index in [0.29, 0.717) is 33.1 Å². The van der Waals surface area contributed by atoms with Gasteiger partial charge in [0, 0.05) is 6.54 Å². The van der Waals surface area contributed by atoms with Gasteiger partial charge in [0.25, 0.3) is 0 Å². The van der Waals surface area contributed by atoms with E-state index in [9.17, 15) is 10.0 Å². The van der Waals surface area contributed by atoms with Crippen LogP contribution in [0.2, 0.25) is 0 Å². The fourth-order valence-corrected chi connectivity index (χ4v) is 12.4. The van der Waals surface area contributed by atoms with E-state index in [-0.39, 0.29) is 11.4 Å². The second-order valence-corrected chi connectivity index (χ2v) is 17.5. The molecular weight excluding hydrogens is 518 g/mol. The normalized spacial score (nSPS) is 42.5. The Kier molecular flexibility index (Phi) is 7.18. The smallest absolute Gasteiger partial charge is 0.338 e. The average molecular weight is 576 g/mol. The number of carbonyl (C=O) groups excluding carboxylic acids is 1. The molecule has 232 valence electrons. The minimum absolute atomic E-state index is 0.0689. The molecule has 0 aliphatic heterocycles. The lowest BCUT2D eigenvalue weighted by Crippen LogP contribution is -2.65. The van der Waals surface area contributed by atoms with Crippen LogP contribution in [0.15, 0.2) is 30.3 Å². The van der Waals surface area contributed by atoms with Gasteiger partial charge in [-0.05, 0) is 153 Å². The van der Waals surface area contributed by atoms with E-state index in [1.54, 1.807) is 0 Å². The molecule has 8 atom stereocenters. The molecule has 6 rings (SSSR count). The zero-order valence-electron chi connectivity index (χ0n) is 27.7. The van der Waals surface area contributed by atoms with E-state index >= 15 is 0 Å². The first-order valence-electron chi connectivity index (χ1n) is 17.0. The third kappa shape index (κ3) is 4.31. The van der Waals surface area contributed by atoms with Gasteiger partial charge in [0.1, 0.15) is 5.60 Å². The molecule has 0 amide bonds. The molecular formula is C38H57NO3. The van der Waals surface area contributed by atoms with Gasteiger partial charge in [0.2, 0.25) is 0 Å². The van der Waals surface area contributed by atoms with Crippen molar-refractivity contribution >= 4 is 11.5 Å². The van der Waals surface area contributed by atoms with Crippen molar-refractivity contribution in [3.63, 3.8) is 0 Å². The van der Waals surface area contributed by atoms with Gasteiger partial charge in [-0.2, -0.15) is 0 Å². The van der Waals surface area contributed by atoms with Crippen molar-refractivity contribution in [3.8, 4) is 0 Å². The predicted octanol–water partition coefficient (Wildman–Crippen LogP) is 9.47. The van der Waals surface area contributed by atoms with Crippen molar-refractivity contribution in [1.29, 1.82) is 0 Å². The molecule has 5 aliphatic rings. The highest BCUT2D eigenvalue weighted by Gasteiger charge is 2.69. The lowest BCUT2D eigenvalue weighted by Gasteiger charge is -2.72. The summed E-state index contributed by atoms with van der Waals surface area (Å²) in [4.78, 5) is 12.7.